The van der Waals surface area contributed by atoms with Crippen LogP contribution in [0.25, 0.3) is 10.9 Å². The summed E-state index contributed by atoms with van der Waals surface area (Å²) in [4.78, 5) is 2.77. The summed E-state index contributed by atoms with van der Waals surface area (Å²) in [6, 6.07) is 3.11. The van der Waals surface area contributed by atoms with Gasteiger partial charge in [-0.25, -0.2) is 0 Å². The molecule has 16 heavy (non-hydrogen) atoms. The second kappa shape index (κ2) is 3.78. The number of aromatic nitrogens is 1. The molecule has 0 saturated heterocycles. The van der Waals surface area contributed by atoms with E-state index in [-0.39, 0.29) is 5.56 Å². The summed E-state index contributed by atoms with van der Waals surface area (Å²) in [5.74, 6) is 0. The predicted octanol–water partition coefficient (Wildman–Crippen LogP) is 3.49. The first kappa shape index (κ1) is 11.5. The largest absolute Gasteiger partial charge is 0.407 e. The van der Waals surface area contributed by atoms with Crippen LogP contribution in [0.4, 0.5) is 13.2 Å². The molecule has 6 heteroatoms. The quantitative estimate of drug-likeness (QED) is 0.830. The Morgan fingerprint density at radius 3 is 2.62 bits per heavy atom. The van der Waals surface area contributed by atoms with E-state index in [1.165, 1.54) is 6.20 Å². The normalized spacial score (nSPS) is 14.3. The molecule has 2 aromatic rings. The van der Waals surface area contributed by atoms with Gasteiger partial charge in [0.15, 0.2) is 0 Å². The molecule has 0 unspecified atom stereocenters. The Balaban J connectivity index is 2.57. The molecule has 0 saturated carbocycles. The maximum Gasteiger partial charge on any atom is 0.407 e. The zero-order valence-corrected chi connectivity index (χ0v) is 9.56. The number of hydrogen-bond acceptors (Lipinski definition) is 1. The van der Waals surface area contributed by atoms with E-state index in [1.807, 2.05) is 0 Å². The van der Waals surface area contributed by atoms with Crippen LogP contribution in [-0.4, -0.2) is 11.2 Å². The minimum atomic E-state index is -4.43. The second-order valence-electron chi connectivity index (χ2n) is 3.45. The molecule has 0 fully saturated rings. The van der Waals surface area contributed by atoms with Crippen LogP contribution >= 0.6 is 15.9 Å². The Morgan fingerprint density at radius 1 is 1.31 bits per heavy atom. The topological polar surface area (TPSA) is 41.8 Å². The summed E-state index contributed by atoms with van der Waals surface area (Å²) in [5, 5.41) is 0.485. The van der Waals surface area contributed by atoms with E-state index in [0.29, 0.717) is 10.9 Å². The number of rotatable bonds is 1. The molecule has 1 heterocycles. The molecule has 0 aliphatic heterocycles. The standard InChI is InChI=1S/C10H8BrF3N2/c11-5-1-2-8-6(3-5)7(4-16-8)9(15)10(12,13)14/h1-4,9,16H,15H2/t9-/m0/s1. The predicted molar refractivity (Wildman–Crippen MR) is 59.0 cm³/mol. The molecule has 1 aromatic carbocycles. The highest BCUT2D eigenvalue weighted by molar-refractivity contribution is 9.10. The second-order valence-corrected chi connectivity index (χ2v) is 4.37. The number of nitrogens with two attached hydrogens (primary N) is 1. The molecule has 1 atom stereocenters. The number of halogens is 4. The van der Waals surface area contributed by atoms with Crippen molar-refractivity contribution in [3.8, 4) is 0 Å². The molecule has 2 rings (SSSR count). The summed E-state index contributed by atoms with van der Waals surface area (Å²) >= 11 is 3.21. The summed E-state index contributed by atoms with van der Waals surface area (Å²) < 4.78 is 38.2. The lowest BCUT2D eigenvalue weighted by molar-refractivity contribution is -0.148. The molecule has 3 N–H and O–H groups in total. The van der Waals surface area contributed by atoms with Crippen LogP contribution in [-0.2, 0) is 0 Å². The molecule has 0 aliphatic rings. The monoisotopic (exact) mass is 292 g/mol. The average Bonchev–Trinajstić information content (AvgIpc) is 2.57. The molecular weight excluding hydrogens is 285 g/mol. The Morgan fingerprint density at radius 2 is 2.00 bits per heavy atom. The maximum atomic E-state index is 12.5. The molecule has 0 bridgehead atoms. The third kappa shape index (κ3) is 1.94. The molecule has 86 valence electrons. The van der Waals surface area contributed by atoms with Gasteiger partial charge in [0.1, 0.15) is 6.04 Å². The van der Waals surface area contributed by atoms with E-state index < -0.39 is 12.2 Å². The zero-order chi connectivity index (χ0) is 11.9. The van der Waals surface area contributed by atoms with E-state index in [9.17, 15) is 13.2 Å². The summed E-state index contributed by atoms with van der Waals surface area (Å²) in [6.45, 7) is 0. The van der Waals surface area contributed by atoms with Crippen molar-refractivity contribution in [3.63, 3.8) is 0 Å². The Hall–Kier alpha value is -1.01. The van der Waals surface area contributed by atoms with Crippen molar-refractivity contribution < 1.29 is 13.2 Å². The minimum Gasteiger partial charge on any atom is -0.361 e. The van der Waals surface area contributed by atoms with Crippen LogP contribution in [0.3, 0.4) is 0 Å². The SMILES string of the molecule is N[C@@H](c1c[nH]c2ccc(Br)cc12)C(F)(F)F. The number of alkyl halides is 3. The van der Waals surface area contributed by atoms with Gasteiger partial charge in [0, 0.05) is 27.1 Å². The van der Waals surface area contributed by atoms with Gasteiger partial charge in [-0.2, -0.15) is 13.2 Å². The van der Waals surface area contributed by atoms with Gasteiger partial charge < -0.3 is 10.7 Å². The van der Waals surface area contributed by atoms with Crippen molar-refractivity contribution >= 4 is 26.8 Å². The van der Waals surface area contributed by atoms with Gasteiger partial charge in [0.2, 0.25) is 0 Å². The average molecular weight is 293 g/mol. The van der Waals surface area contributed by atoms with Crippen molar-refractivity contribution in [2.24, 2.45) is 5.73 Å². The Kier molecular flexibility index (Phi) is 2.71. The van der Waals surface area contributed by atoms with Crippen molar-refractivity contribution in [3.05, 3.63) is 34.4 Å². The Labute approximate surface area is 97.8 Å². The van der Waals surface area contributed by atoms with Crippen molar-refractivity contribution in [2.75, 3.05) is 0 Å². The van der Waals surface area contributed by atoms with E-state index in [4.69, 9.17) is 5.73 Å². The summed E-state index contributed by atoms with van der Waals surface area (Å²) in [5.41, 5.74) is 5.87. The fourth-order valence-corrected chi connectivity index (χ4v) is 1.91. The van der Waals surface area contributed by atoms with Gasteiger partial charge in [-0.3, -0.25) is 0 Å². The molecule has 0 aliphatic carbocycles. The fourth-order valence-electron chi connectivity index (χ4n) is 1.55. The summed E-state index contributed by atoms with van der Waals surface area (Å²) in [7, 11) is 0. The lowest BCUT2D eigenvalue weighted by Gasteiger charge is -2.14. The van der Waals surface area contributed by atoms with Crippen LogP contribution < -0.4 is 5.73 Å². The van der Waals surface area contributed by atoms with Gasteiger partial charge >= 0.3 is 6.18 Å². The molecule has 1 aromatic heterocycles. The number of hydrogen-bond donors (Lipinski definition) is 2. The fraction of sp³-hybridized carbons (Fsp3) is 0.200. The number of H-pyrrole nitrogens is 1. The highest BCUT2D eigenvalue weighted by atomic mass is 79.9. The smallest absolute Gasteiger partial charge is 0.361 e. The van der Waals surface area contributed by atoms with E-state index in [1.54, 1.807) is 18.2 Å². The highest BCUT2D eigenvalue weighted by Crippen LogP contribution is 2.35. The van der Waals surface area contributed by atoms with Gasteiger partial charge in [0.25, 0.3) is 0 Å². The first-order chi connectivity index (χ1) is 7.39. The lowest BCUT2D eigenvalue weighted by atomic mass is 10.1. The molecule has 0 radical (unpaired) electrons. The number of benzene rings is 1. The molecular formula is C10H8BrF3N2. The number of nitrogens with one attached hydrogen (secondary N) is 1. The first-order valence-electron chi connectivity index (χ1n) is 4.48. The minimum absolute atomic E-state index is 0.0591. The third-order valence-corrected chi connectivity index (χ3v) is 2.86. The third-order valence-electron chi connectivity index (χ3n) is 2.36. The van der Waals surface area contributed by atoms with Gasteiger partial charge in [-0.1, -0.05) is 15.9 Å². The summed E-state index contributed by atoms with van der Waals surface area (Å²) in [6.07, 6.45) is -3.13. The highest BCUT2D eigenvalue weighted by Gasteiger charge is 2.39. The van der Waals surface area contributed by atoms with Crippen LogP contribution in [0, 0.1) is 0 Å². The van der Waals surface area contributed by atoms with Crippen molar-refractivity contribution in [1.29, 1.82) is 0 Å². The van der Waals surface area contributed by atoms with Crippen LogP contribution in [0.15, 0.2) is 28.9 Å². The van der Waals surface area contributed by atoms with E-state index >= 15 is 0 Å². The Bertz CT molecular complexity index is 518. The van der Waals surface area contributed by atoms with Crippen LogP contribution in [0.1, 0.15) is 11.6 Å². The molecule has 0 amide bonds. The van der Waals surface area contributed by atoms with Crippen molar-refractivity contribution in [1.82, 2.24) is 4.98 Å². The number of fused-ring (bicyclic) bond motifs is 1. The lowest BCUT2D eigenvalue weighted by Crippen LogP contribution is -2.28. The van der Waals surface area contributed by atoms with Gasteiger partial charge in [-0.15, -0.1) is 0 Å². The van der Waals surface area contributed by atoms with Gasteiger partial charge in [0.05, 0.1) is 0 Å². The maximum absolute atomic E-state index is 12.5. The molecule has 0 spiro atoms. The zero-order valence-electron chi connectivity index (χ0n) is 7.98. The number of aromatic amines is 1. The van der Waals surface area contributed by atoms with E-state index in [2.05, 4.69) is 20.9 Å². The van der Waals surface area contributed by atoms with Gasteiger partial charge in [-0.05, 0) is 18.2 Å². The van der Waals surface area contributed by atoms with Crippen LogP contribution in [0.2, 0.25) is 0 Å². The molecule has 2 nitrogen and oxygen atoms in total. The van der Waals surface area contributed by atoms with E-state index in [0.717, 1.165) is 4.47 Å². The van der Waals surface area contributed by atoms with Crippen molar-refractivity contribution in [2.45, 2.75) is 12.2 Å². The first-order valence-corrected chi connectivity index (χ1v) is 5.27. The van der Waals surface area contributed by atoms with Crippen LogP contribution in [0.5, 0.6) is 0 Å².